The first-order chi connectivity index (χ1) is 7.65. The number of hydrogen-bond acceptors (Lipinski definition) is 2. The summed E-state index contributed by atoms with van der Waals surface area (Å²) in [5.41, 5.74) is 2.42. The van der Waals surface area contributed by atoms with E-state index >= 15 is 0 Å². The molecule has 1 N–H and O–H groups in total. The van der Waals surface area contributed by atoms with Gasteiger partial charge < -0.3 is 5.32 Å². The van der Waals surface area contributed by atoms with Crippen molar-refractivity contribution >= 4 is 27.4 Å². The van der Waals surface area contributed by atoms with Crippen molar-refractivity contribution in [3.63, 3.8) is 0 Å². The summed E-state index contributed by atoms with van der Waals surface area (Å²) < 4.78 is 1.11. The molecular formula is C13H16BrNO. The van der Waals surface area contributed by atoms with Crippen LogP contribution in [0.4, 0.5) is 5.69 Å². The standard InChI is InChI=1S/C13H16BrNO/c1-9-8-10(14)2-7-13(9)15-11-3-5-12(16)6-4-11/h2,7-8,11,15H,3-6H2,1H3. The summed E-state index contributed by atoms with van der Waals surface area (Å²) in [6, 6.07) is 6.70. The average molecular weight is 282 g/mol. The van der Waals surface area contributed by atoms with Gasteiger partial charge in [-0.2, -0.15) is 0 Å². The van der Waals surface area contributed by atoms with Crippen LogP contribution in [0.25, 0.3) is 0 Å². The third kappa shape index (κ3) is 2.85. The van der Waals surface area contributed by atoms with Gasteiger partial charge in [0, 0.05) is 29.0 Å². The fourth-order valence-electron chi connectivity index (χ4n) is 2.09. The Morgan fingerprint density at radius 2 is 2.00 bits per heavy atom. The van der Waals surface area contributed by atoms with Crippen LogP contribution in [0.2, 0.25) is 0 Å². The molecule has 0 spiro atoms. The Bertz CT molecular complexity index is 393. The molecule has 1 aliphatic rings. The minimum absolute atomic E-state index is 0.408. The lowest BCUT2D eigenvalue weighted by Crippen LogP contribution is -2.26. The number of hydrogen-bond donors (Lipinski definition) is 1. The molecule has 1 aromatic carbocycles. The van der Waals surface area contributed by atoms with Crippen molar-refractivity contribution < 1.29 is 4.79 Å². The van der Waals surface area contributed by atoms with Gasteiger partial charge in [0.15, 0.2) is 0 Å². The highest BCUT2D eigenvalue weighted by Gasteiger charge is 2.18. The zero-order chi connectivity index (χ0) is 11.5. The fraction of sp³-hybridized carbons (Fsp3) is 0.462. The van der Waals surface area contributed by atoms with Gasteiger partial charge in [-0.25, -0.2) is 0 Å². The zero-order valence-corrected chi connectivity index (χ0v) is 11.0. The number of ketones is 1. The van der Waals surface area contributed by atoms with E-state index in [1.54, 1.807) is 0 Å². The van der Waals surface area contributed by atoms with Crippen LogP contribution in [0.3, 0.4) is 0 Å². The van der Waals surface area contributed by atoms with E-state index in [2.05, 4.69) is 40.3 Å². The molecule has 0 saturated heterocycles. The van der Waals surface area contributed by atoms with Gasteiger partial charge in [0.25, 0.3) is 0 Å². The quantitative estimate of drug-likeness (QED) is 0.896. The molecule has 0 atom stereocenters. The fourth-order valence-corrected chi connectivity index (χ4v) is 2.57. The number of benzene rings is 1. The molecule has 1 aliphatic carbocycles. The Labute approximate surface area is 105 Å². The van der Waals surface area contributed by atoms with Gasteiger partial charge in [-0.05, 0) is 43.5 Å². The number of rotatable bonds is 2. The van der Waals surface area contributed by atoms with Crippen LogP contribution in [0.15, 0.2) is 22.7 Å². The SMILES string of the molecule is Cc1cc(Br)ccc1NC1CCC(=O)CC1. The zero-order valence-electron chi connectivity index (χ0n) is 9.42. The van der Waals surface area contributed by atoms with E-state index in [0.717, 1.165) is 30.2 Å². The first-order valence-electron chi connectivity index (χ1n) is 5.69. The van der Waals surface area contributed by atoms with Crippen LogP contribution in [-0.2, 0) is 4.79 Å². The van der Waals surface area contributed by atoms with Crippen molar-refractivity contribution in [2.24, 2.45) is 0 Å². The third-order valence-electron chi connectivity index (χ3n) is 3.09. The van der Waals surface area contributed by atoms with Gasteiger partial charge in [0.05, 0.1) is 0 Å². The summed E-state index contributed by atoms with van der Waals surface area (Å²) >= 11 is 3.46. The maximum Gasteiger partial charge on any atom is 0.133 e. The lowest BCUT2D eigenvalue weighted by Gasteiger charge is -2.24. The predicted octanol–water partition coefficient (Wildman–Crippen LogP) is 3.68. The Morgan fingerprint density at radius 3 is 2.62 bits per heavy atom. The molecule has 2 nitrogen and oxygen atoms in total. The van der Waals surface area contributed by atoms with Gasteiger partial charge >= 0.3 is 0 Å². The number of carbonyl (C=O) groups is 1. The summed E-state index contributed by atoms with van der Waals surface area (Å²) in [7, 11) is 0. The van der Waals surface area contributed by atoms with Gasteiger partial charge in [0.1, 0.15) is 5.78 Å². The lowest BCUT2D eigenvalue weighted by atomic mass is 9.94. The van der Waals surface area contributed by atoms with Crippen LogP contribution in [0.1, 0.15) is 31.2 Å². The van der Waals surface area contributed by atoms with Crippen LogP contribution in [0, 0.1) is 6.92 Å². The number of halogens is 1. The van der Waals surface area contributed by atoms with E-state index in [9.17, 15) is 4.79 Å². The second-order valence-corrected chi connectivity index (χ2v) is 5.33. The minimum atomic E-state index is 0.408. The van der Waals surface area contributed by atoms with Gasteiger partial charge in [-0.15, -0.1) is 0 Å². The minimum Gasteiger partial charge on any atom is -0.382 e. The highest BCUT2D eigenvalue weighted by molar-refractivity contribution is 9.10. The highest BCUT2D eigenvalue weighted by Crippen LogP contribution is 2.24. The third-order valence-corrected chi connectivity index (χ3v) is 3.58. The molecule has 1 aromatic rings. The van der Waals surface area contributed by atoms with Crippen molar-refractivity contribution in [3.8, 4) is 0 Å². The molecule has 0 bridgehead atoms. The number of nitrogens with one attached hydrogen (secondary N) is 1. The second kappa shape index (κ2) is 5.00. The molecule has 0 aliphatic heterocycles. The first-order valence-corrected chi connectivity index (χ1v) is 6.49. The number of carbonyl (C=O) groups excluding carboxylic acids is 1. The summed E-state index contributed by atoms with van der Waals surface area (Å²) in [6.07, 6.45) is 3.39. The monoisotopic (exact) mass is 281 g/mol. The Morgan fingerprint density at radius 1 is 1.31 bits per heavy atom. The van der Waals surface area contributed by atoms with Crippen LogP contribution in [0.5, 0.6) is 0 Å². The highest BCUT2D eigenvalue weighted by atomic mass is 79.9. The number of anilines is 1. The topological polar surface area (TPSA) is 29.1 Å². The van der Waals surface area contributed by atoms with E-state index in [-0.39, 0.29) is 0 Å². The molecule has 1 fully saturated rings. The normalized spacial score (nSPS) is 17.5. The van der Waals surface area contributed by atoms with E-state index in [1.807, 2.05) is 6.07 Å². The summed E-state index contributed by atoms with van der Waals surface area (Å²) in [5.74, 6) is 0.408. The molecule has 86 valence electrons. The molecule has 0 amide bonds. The van der Waals surface area contributed by atoms with Crippen LogP contribution < -0.4 is 5.32 Å². The Hall–Kier alpha value is -0.830. The molecule has 2 rings (SSSR count). The average Bonchev–Trinajstić information content (AvgIpc) is 2.25. The molecule has 0 heterocycles. The van der Waals surface area contributed by atoms with Crippen molar-refractivity contribution in [2.75, 3.05) is 5.32 Å². The Kier molecular flexibility index (Phi) is 3.64. The van der Waals surface area contributed by atoms with Crippen molar-refractivity contribution in [2.45, 2.75) is 38.6 Å². The van der Waals surface area contributed by atoms with Crippen LogP contribution in [-0.4, -0.2) is 11.8 Å². The number of aryl methyl sites for hydroxylation is 1. The molecule has 3 heteroatoms. The van der Waals surface area contributed by atoms with Gasteiger partial charge in [0.2, 0.25) is 0 Å². The maximum absolute atomic E-state index is 11.1. The molecular weight excluding hydrogens is 266 g/mol. The molecule has 0 aromatic heterocycles. The summed E-state index contributed by atoms with van der Waals surface area (Å²) in [4.78, 5) is 11.1. The van der Waals surface area contributed by atoms with E-state index < -0.39 is 0 Å². The summed E-state index contributed by atoms with van der Waals surface area (Å²) in [6.45, 7) is 2.10. The lowest BCUT2D eigenvalue weighted by molar-refractivity contribution is -0.120. The summed E-state index contributed by atoms with van der Waals surface area (Å²) in [5, 5.41) is 3.52. The Balaban J connectivity index is 2.01. The van der Waals surface area contributed by atoms with Gasteiger partial charge in [-0.1, -0.05) is 15.9 Å². The second-order valence-electron chi connectivity index (χ2n) is 4.42. The molecule has 0 radical (unpaired) electrons. The smallest absolute Gasteiger partial charge is 0.133 e. The van der Waals surface area contributed by atoms with Crippen molar-refractivity contribution in [3.05, 3.63) is 28.2 Å². The first kappa shape index (κ1) is 11.6. The van der Waals surface area contributed by atoms with Crippen molar-refractivity contribution in [1.82, 2.24) is 0 Å². The molecule has 16 heavy (non-hydrogen) atoms. The van der Waals surface area contributed by atoms with E-state index in [0.29, 0.717) is 11.8 Å². The number of Topliss-reactive ketones (excluding diaryl/α,β-unsaturated/α-hetero) is 1. The molecule has 1 saturated carbocycles. The predicted molar refractivity (Wildman–Crippen MR) is 69.8 cm³/mol. The van der Waals surface area contributed by atoms with E-state index in [1.165, 1.54) is 11.3 Å². The van der Waals surface area contributed by atoms with Crippen LogP contribution >= 0.6 is 15.9 Å². The largest absolute Gasteiger partial charge is 0.382 e. The molecule has 0 unspecified atom stereocenters. The van der Waals surface area contributed by atoms with Crippen molar-refractivity contribution in [1.29, 1.82) is 0 Å². The maximum atomic E-state index is 11.1. The van der Waals surface area contributed by atoms with E-state index in [4.69, 9.17) is 0 Å². The van der Waals surface area contributed by atoms with Gasteiger partial charge in [-0.3, -0.25) is 4.79 Å².